The second-order valence-electron chi connectivity index (χ2n) is 6.62. The second kappa shape index (κ2) is 9.62. The van der Waals surface area contributed by atoms with Crippen molar-refractivity contribution >= 4 is 23.2 Å². The van der Waals surface area contributed by atoms with E-state index in [0.29, 0.717) is 22.9 Å². The fourth-order valence-corrected chi connectivity index (χ4v) is 3.50. The Morgan fingerprint density at radius 2 is 1.85 bits per heavy atom. The van der Waals surface area contributed by atoms with Crippen molar-refractivity contribution in [2.45, 2.75) is 6.42 Å². The number of rotatable bonds is 7. The number of methoxy groups -OCH3 is 1. The quantitative estimate of drug-likeness (QED) is 0.740. The average Bonchev–Trinajstić information content (AvgIpc) is 2.72. The van der Waals surface area contributed by atoms with Crippen LogP contribution in [-0.2, 0) is 0 Å². The van der Waals surface area contributed by atoms with Gasteiger partial charge in [0, 0.05) is 43.4 Å². The highest BCUT2D eigenvalue weighted by atomic mass is 35.5. The van der Waals surface area contributed by atoms with Gasteiger partial charge in [0.2, 0.25) is 0 Å². The van der Waals surface area contributed by atoms with E-state index in [1.165, 1.54) is 5.69 Å². The van der Waals surface area contributed by atoms with Crippen LogP contribution in [0.1, 0.15) is 16.8 Å². The monoisotopic (exact) mass is 387 g/mol. The topological polar surface area (TPSA) is 44.8 Å². The van der Waals surface area contributed by atoms with Crippen LogP contribution in [0.2, 0.25) is 5.02 Å². The number of anilines is 1. The third-order valence-electron chi connectivity index (χ3n) is 4.84. The van der Waals surface area contributed by atoms with Crippen LogP contribution < -0.4 is 15.0 Å². The molecule has 144 valence electrons. The van der Waals surface area contributed by atoms with Gasteiger partial charge in [-0.05, 0) is 43.3 Å². The van der Waals surface area contributed by atoms with Gasteiger partial charge >= 0.3 is 0 Å². The number of hydrogen-bond donors (Lipinski definition) is 1. The molecule has 1 saturated heterocycles. The van der Waals surface area contributed by atoms with Crippen LogP contribution in [0, 0.1) is 0 Å². The molecule has 0 unspecified atom stereocenters. The minimum absolute atomic E-state index is 0.150. The number of hydrogen-bond acceptors (Lipinski definition) is 4. The molecular formula is C21H26ClN3O2. The Morgan fingerprint density at radius 1 is 1.11 bits per heavy atom. The maximum absolute atomic E-state index is 12.4. The smallest absolute Gasteiger partial charge is 0.255 e. The fourth-order valence-electron chi connectivity index (χ4n) is 3.33. The summed E-state index contributed by atoms with van der Waals surface area (Å²) in [6.45, 7) is 5.78. The number of amides is 1. The number of benzene rings is 2. The second-order valence-corrected chi connectivity index (χ2v) is 7.05. The zero-order chi connectivity index (χ0) is 19.1. The highest BCUT2D eigenvalue weighted by Crippen LogP contribution is 2.22. The van der Waals surface area contributed by atoms with Crippen molar-refractivity contribution in [2.24, 2.45) is 0 Å². The van der Waals surface area contributed by atoms with Gasteiger partial charge in [-0.2, -0.15) is 0 Å². The van der Waals surface area contributed by atoms with E-state index in [2.05, 4.69) is 39.4 Å². The molecule has 27 heavy (non-hydrogen) atoms. The third kappa shape index (κ3) is 5.37. The van der Waals surface area contributed by atoms with Gasteiger partial charge in [0.25, 0.3) is 5.91 Å². The summed E-state index contributed by atoms with van der Waals surface area (Å²) in [5.74, 6) is 0.386. The Hall–Kier alpha value is -2.24. The molecule has 1 aliphatic rings. The van der Waals surface area contributed by atoms with Crippen LogP contribution in [0.4, 0.5) is 5.69 Å². The van der Waals surface area contributed by atoms with Crippen molar-refractivity contribution < 1.29 is 9.53 Å². The van der Waals surface area contributed by atoms with Gasteiger partial charge < -0.3 is 15.0 Å². The van der Waals surface area contributed by atoms with Gasteiger partial charge in [-0.3, -0.25) is 9.69 Å². The molecule has 1 aliphatic heterocycles. The minimum atomic E-state index is -0.150. The van der Waals surface area contributed by atoms with Gasteiger partial charge in [0.15, 0.2) is 0 Å². The molecule has 0 radical (unpaired) electrons. The SMILES string of the molecule is COc1ccc(Cl)cc1C(=O)NCCCN1CCN(c2ccccc2)CC1. The molecule has 2 aromatic rings. The van der Waals surface area contributed by atoms with E-state index in [-0.39, 0.29) is 5.91 Å². The van der Waals surface area contributed by atoms with E-state index < -0.39 is 0 Å². The molecule has 0 saturated carbocycles. The zero-order valence-corrected chi connectivity index (χ0v) is 16.4. The van der Waals surface area contributed by atoms with Gasteiger partial charge in [0.1, 0.15) is 5.75 Å². The minimum Gasteiger partial charge on any atom is -0.496 e. The Labute approximate surface area is 165 Å². The lowest BCUT2D eigenvalue weighted by atomic mass is 10.2. The molecular weight excluding hydrogens is 362 g/mol. The number of carbonyl (C=O) groups is 1. The predicted molar refractivity (Wildman–Crippen MR) is 110 cm³/mol. The van der Waals surface area contributed by atoms with Crippen LogP contribution in [-0.4, -0.2) is 57.2 Å². The molecule has 0 spiro atoms. The molecule has 0 atom stereocenters. The summed E-state index contributed by atoms with van der Waals surface area (Å²) in [5, 5.41) is 3.49. The molecule has 2 aromatic carbocycles. The van der Waals surface area contributed by atoms with Gasteiger partial charge in [-0.1, -0.05) is 29.8 Å². The Kier molecular flexibility index (Phi) is 6.96. The standard InChI is InChI=1S/C21H26ClN3O2/c1-27-20-9-8-17(22)16-19(20)21(26)23-10-5-11-24-12-14-25(15-13-24)18-6-3-2-4-7-18/h2-4,6-9,16H,5,10-15H2,1H3,(H,23,26). The molecule has 1 fully saturated rings. The number of para-hydroxylation sites is 1. The lowest BCUT2D eigenvalue weighted by Gasteiger charge is -2.36. The van der Waals surface area contributed by atoms with Crippen LogP contribution in [0.15, 0.2) is 48.5 Å². The Balaban J connectivity index is 1.39. The fraction of sp³-hybridized carbons (Fsp3) is 0.381. The number of ether oxygens (including phenoxy) is 1. The van der Waals surface area contributed by atoms with E-state index in [4.69, 9.17) is 16.3 Å². The highest BCUT2D eigenvalue weighted by Gasteiger charge is 2.17. The van der Waals surface area contributed by atoms with E-state index in [0.717, 1.165) is 39.1 Å². The molecule has 1 heterocycles. The summed E-state index contributed by atoms with van der Waals surface area (Å²) in [5.41, 5.74) is 1.77. The van der Waals surface area contributed by atoms with Crippen molar-refractivity contribution in [3.63, 3.8) is 0 Å². The first kappa shape index (κ1) is 19.5. The number of piperazine rings is 1. The normalized spacial score (nSPS) is 14.8. The zero-order valence-electron chi connectivity index (χ0n) is 15.7. The van der Waals surface area contributed by atoms with Gasteiger partial charge in [-0.25, -0.2) is 0 Å². The first-order chi connectivity index (χ1) is 13.2. The lowest BCUT2D eigenvalue weighted by Crippen LogP contribution is -2.47. The summed E-state index contributed by atoms with van der Waals surface area (Å²) in [4.78, 5) is 17.2. The molecule has 0 bridgehead atoms. The first-order valence-corrected chi connectivity index (χ1v) is 9.69. The molecule has 3 rings (SSSR count). The number of halogens is 1. The van der Waals surface area contributed by atoms with Crippen molar-refractivity contribution in [1.82, 2.24) is 10.2 Å². The lowest BCUT2D eigenvalue weighted by molar-refractivity contribution is 0.0948. The maximum atomic E-state index is 12.4. The number of nitrogens with zero attached hydrogens (tertiary/aromatic N) is 2. The molecule has 0 aliphatic carbocycles. The molecule has 1 N–H and O–H groups in total. The van der Waals surface area contributed by atoms with Crippen LogP contribution in [0.5, 0.6) is 5.75 Å². The van der Waals surface area contributed by atoms with Crippen LogP contribution in [0.3, 0.4) is 0 Å². The van der Waals surface area contributed by atoms with Crippen LogP contribution >= 0.6 is 11.6 Å². The first-order valence-electron chi connectivity index (χ1n) is 9.31. The van der Waals surface area contributed by atoms with Crippen LogP contribution in [0.25, 0.3) is 0 Å². The van der Waals surface area contributed by atoms with Crippen molar-refractivity contribution in [3.8, 4) is 5.75 Å². The van der Waals surface area contributed by atoms with Gasteiger partial charge in [0.05, 0.1) is 12.7 Å². The van der Waals surface area contributed by atoms with Crippen molar-refractivity contribution in [3.05, 3.63) is 59.1 Å². The average molecular weight is 388 g/mol. The van der Waals surface area contributed by atoms with E-state index in [9.17, 15) is 4.79 Å². The molecule has 0 aromatic heterocycles. The number of nitrogens with one attached hydrogen (secondary N) is 1. The number of carbonyl (C=O) groups excluding carboxylic acids is 1. The maximum Gasteiger partial charge on any atom is 0.255 e. The summed E-state index contributed by atoms with van der Waals surface area (Å²) < 4.78 is 5.24. The summed E-state index contributed by atoms with van der Waals surface area (Å²) >= 11 is 5.99. The largest absolute Gasteiger partial charge is 0.496 e. The Bertz CT molecular complexity index is 746. The van der Waals surface area contributed by atoms with E-state index in [1.807, 2.05) is 6.07 Å². The summed E-state index contributed by atoms with van der Waals surface area (Å²) in [7, 11) is 1.55. The van der Waals surface area contributed by atoms with Crippen molar-refractivity contribution in [2.75, 3.05) is 51.3 Å². The van der Waals surface area contributed by atoms with E-state index in [1.54, 1.807) is 25.3 Å². The molecule has 1 amide bonds. The van der Waals surface area contributed by atoms with Crippen molar-refractivity contribution in [1.29, 1.82) is 0 Å². The third-order valence-corrected chi connectivity index (χ3v) is 5.07. The summed E-state index contributed by atoms with van der Waals surface area (Å²) in [6.07, 6.45) is 0.917. The Morgan fingerprint density at radius 3 is 2.56 bits per heavy atom. The van der Waals surface area contributed by atoms with E-state index >= 15 is 0 Å². The van der Waals surface area contributed by atoms with Gasteiger partial charge in [-0.15, -0.1) is 0 Å². The predicted octanol–water partition coefficient (Wildman–Crippen LogP) is 3.29. The summed E-state index contributed by atoms with van der Waals surface area (Å²) in [6, 6.07) is 15.6. The molecule has 6 heteroatoms. The highest BCUT2D eigenvalue weighted by molar-refractivity contribution is 6.31. The molecule has 5 nitrogen and oxygen atoms in total.